The van der Waals surface area contributed by atoms with Gasteiger partial charge in [0.2, 0.25) is 0 Å². The number of piperidine rings is 1. The van der Waals surface area contributed by atoms with Crippen LogP contribution in [0.1, 0.15) is 35.0 Å². The average Bonchev–Trinajstić information content (AvgIpc) is 3.18. The third kappa shape index (κ3) is 4.08. The van der Waals surface area contributed by atoms with Gasteiger partial charge in [0.05, 0.1) is 5.92 Å². The second-order valence-electron chi connectivity index (χ2n) is 7.52. The van der Waals surface area contributed by atoms with Gasteiger partial charge in [-0.25, -0.2) is 9.78 Å². The molecule has 4 rings (SSSR count). The maximum atomic E-state index is 12.8. The number of benzene rings is 2. The van der Waals surface area contributed by atoms with E-state index >= 15 is 0 Å². The molecule has 150 valence electrons. The van der Waals surface area contributed by atoms with Gasteiger partial charge in [0.1, 0.15) is 5.52 Å². The molecule has 7 heteroatoms. The van der Waals surface area contributed by atoms with Gasteiger partial charge in [-0.15, -0.1) is 0 Å². The van der Waals surface area contributed by atoms with Gasteiger partial charge in [0.25, 0.3) is 5.91 Å². The first-order chi connectivity index (χ1) is 14.0. The van der Waals surface area contributed by atoms with Crippen LogP contribution in [0.2, 0.25) is 0 Å². The molecule has 2 aromatic carbocycles. The number of nitrogens with zero attached hydrogens (tertiary/aromatic N) is 3. The van der Waals surface area contributed by atoms with Gasteiger partial charge in [-0.2, -0.15) is 0 Å². The summed E-state index contributed by atoms with van der Waals surface area (Å²) in [5.41, 5.74) is 2.75. The lowest BCUT2D eigenvalue weighted by molar-refractivity contribution is 0.0827. The van der Waals surface area contributed by atoms with E-state index in [9.17, 15) is 9.59 Å². The minimum atomic E-state index is -0.180. The quantitative estimate of drug-likeness (QED) is 0.732. The number of urea groups is 1. The van der Waals surface area contributed by atoms with E-state index in [4.69, 9.17) is 4.42 Å². The minimum Gasteiger partial charge on any atom is -0.440 e. The SMILES string of the molecule is CN(C)C(=O)c1cccc(NC(=O)N2CCCC(c3nc4ccccc4o3)C2)c1. The van der Waals surface area contributed by atoms with Crippen LogP contribution in [-0.4, -0.2) is 53.9 Å². The Balaban J connectivity index is 1.45. The van der Waals surface area contributed by atoms with E-state index in [0.717, 1.165) is 23.9 Å². The van der Waals surface area contributed by atoms with E-state index in [1.807, 2.05) is 24.3 Å². The first-order valence-electron chi connectivity index (χ1n) is 9.74. The second kappa shape index (κ2) is 7.95. The minimum absolute atomic E-state index is 0.0727. The van der Waals surface area contributed by atoms with E-state index < -0.39 is 0 Å². The van der Waals surface area contributed by atoms with Crippen LogP contribution in [0.3, 0.4) is 0 Å². The number of carbonyl (C=O) groups is 2. The summed E-state index contributed by atoms with van der Waals surface area (Å²) in [5, 5.41) is 2.91. The molecule has 0 radical (unpaired) electrons. The van der Waals surface area contributed by atoms with E-state index in [1.54, 1.807) is 43.3 Å². The predicted octanol–water partition coefficient (Wildman–Crippen LogP) is 3.94. The highest BCUT2D eigenvalue weighted by Crippen LogP contribution is 2.29. The predicted molar refractivity (Wildman–Crippen MR) is 111 cm³/mol. The number of anilines is 1. The van der Waals surface area contributed by atoms with Crippen molar-refractivity contribution >= 4 is 28.7 Å². The van der Waals surface area contributed by atoms with Crippen molar-refractivity contribution in [2.75, 3.05) is 32.5 Å². The first-order valence-corrected chi connectivity index (χ1v) is 9.74. The summed E-state index contributed by atoms with van der Waals surface area (Å²) in [6.07, 6.45) is 1.82. The number of para-hydroxylation sites is 2. The van der Waals surface area contributed by atoms with Crippen molar-refractivity contribution < 1.29 is 14.0 Å². The number of oxazole rings is 1. The van der Waals surface area contributed by atoms with Gasteiger partial charge in [0.15, 0.2) is 11.5 Å². The van der Waals surface area contributed by atoms with Crippen LogP contribution < -0.4 is 5.32 Å². The van der Waals surface area contributed by atoms with Gasteiger partial charge in [0, 0.05) is 38.4 Å². The molecule has 0 bridgehead atoms. The fraction of sp³-hybridized carbons (Fsp3) is 0.318. The van der Waals surface area contributed by atoms with Gasteiger partial charge in [-0.1, -0.05) is 18.2 Å². The number of likely N-dealkylation sites (tertiary alicyclic amines) is 1. The Bertz CT molecular complexity index is 1010. The standard InChI is InChI=1S/C22H24N4O3/c1-25(2)21(27)15-7-5-9-17(13-15)23-22(28)26-12-6-8-16(14-26)20-24-18-10-3-4-11-19(18)29-20/h3-5,7,9-11,13,16H,6,8,12,14H2,1-2H3,(H,23,28). The number of aromatic nitrogens is 1. The summed E-state index contributed by atoms with van der Waals surface area (Å²) >= 11 is 0. The number of amides is 3. The van der Waals surface area contributed by atoms with Crippen molar-refractivity contribution in [3.8, 4) is 0 Å². The Morgan fingerprint density at radius 2 is 2.00 bits per heavy atom. The average molecular weight is 392 g/mol. The molecule has 1 unspecified atom stereocenters. The fourth-order valence-electron chi connectivity index (χ4n) is 3.62. The van der Waals surface area contributed by atoms with Gasteiger partial charge < -0.3 is 19.5 Å². The van der Waals surface area contributed by atoms with Crippen molar-refractivity contribution in [2.24, 2.45) is 0 Å². The zero-order valence-electron chi connectivity index (χ0n) is 16.6. The molecule has 2 heterocycles. The molecule has 0 aliphatic carbocycles. The van der Waals surface area contributed by atoms with Crippen LogP contribution >= 0.6 is 0 Å². The molecule has 1 saturated heterocycles. The molecule has 0 saturated carbocycles. The summed E-state index contributed by atoms with van der Waals surface area (Å²) in [6.45, 7) is 1.23. The number of hydrogen-bond acceptors (Lipinski definition) is 4. The molecular formula is C22H24N4O3. The molecule has 1 aliphatic rings. The number of nitrogens with one attached hydrogen (secondary N) is 1. The highest BCUT2D eigenvalue weighted by atomic mass is 16.3. The molecule has 1 aliphatic heterocycles. The van der Waals surface area contributed by atoms with E-state index in [2.05, 4.69) is 10.3 Å². The largest absolute Gasteiger partial charge is 0.440 e. The van der Waals surface area contributed by atoms with Crippen molar-refractivity contribution in [2.45, 2.75) is 18.8 Å². The van der Waals surface area contributed by atoms with Crippen molar-refractivity contribution in [1.29, 1.82) is 0 Å². The van der Waals surface area contributed by atoms with Crippen LogP contribution in [0.5, 0.6) is 0 Å². The first kappa shape index (κ1) is 19.0. The molecule has 1 fully saturated rings. The van der Waals surface area contributed by atoms with Crippen LogP contribution in [-0.2, 0) is 0 Å². The summed E-state index contributed by atoms with van der Waals surface area (Å²) in [6, 6.07) is 14.5. The summed E-state index contributed by atoms with van der Waals surface area (Å²) < 4.78 is 5.91. The van der Waals surface area contributed by atoms with E-state index in [0.29, 0.717) is 30.2 Å². The lowest BCUT2D eigenvalue weighted by Gasteiger charge is -2.31. The molecular weight excluding hydrogens is 368 g/mol. The molecule has 1 aromatic heterocycles. The maximum Gasteiger partial charge on any atom is 0.321 e. The van der Waals surface area contributed by atoms with Gasteiger partial charge >= 0.3 is 6.03 Å². The molecule has 29 heavy (non-hydrogen) atoms. The monoisotopic (exact) mass is 392 g/mol. The summed E-state index contributed by atoms with van der Waals surface area (Å²) in [4.78, 5) is 32.8. The zero-order chi connectivity index (χ0) is 20.4. The molecule has 3 aromatic rings. The normalized spacial score (nSPS) is 16.6. The van der Waals surface area contributed by atoms with Crippen molar-refractivity contribution in [1.82, 2.24) is 14.8 Å². The van der Waals surface area contributed by atoms with Crippen LogP contribution in [0.25, 0.3) is 11.1 Å². The lowest BCUT2D eigenvalue weighted by Crippen LogP contribution is -2.41. The second-order valence-corrected chi connectivity index (χ2v) is 7.52. The van der Waals surface area contributed by atoms with Crippen molar-refractivity contribution in [3.63, 3.8) is 0 Å². The van der Waals surface area contributed by atoms with E-state index in [1.165, 1.54) is 4.90 Å². The third-order valence-electron chi connectivity index (χ3n) is 5.14. The fourth-order valence-corrected chi connectivity index (χ4v) is 3.62. The van der Waals surface area contributed by atoms with Gasteiger partial charge in [-0.3, -0.25) is 4.79 Å². The molecule has 1 N–H and O–H groups in total. The molecule has 7 nitrogen and oxygen atoms in total. The highest BCUT2D eigenvalue weighted by Gasteiger charge is 2.28. The highest BCUT2D eigenvalue weighted by molar-refractivity contribution is 5.96. The Morgan fingerprint density at radius 3 is 2.79 bits per heavy atom. The Hall–Kier alpha value is -3.35. The van der Waals surface area contributed by atoms with Crippen molar-refractivity contribution in [3.05, 3.63) is 60.0 Å². The van der Waals surface area contributed by atoms with E-state index in [-0.39, 0.29) is 17.9 Å². The number of carbonyl (C=O) groups excluding carboxylic acids is 2. The van der Waals surface area contributed by atoms with Gasteiger partial charge in [-0.05, 0) is 43.2 Å². The number of rotatable bonds is 3. The number of fused-ring (bicyclic) bond motifs is 1. The smallest absolute Gasteiger partial charge is 0.321 e. The Labute approximate surface area is 169 Å². The summed E-state index contributed by atoms with van der Waals surface area (Å²) in [7, 11) is 3.40. The Morgan fingerprint density at radius 1 is 1.17 bits per heavy atom. The summed E-state index contributed by atoms with van der Waals surface area (Å²) in [5.74, 6) is 0.654. The van der Waals surface area contributed by atoms with Crippen LogP contribution in [0.4, 0.5) is 10.5 Å². The maximum absolute atomic E-state index is 12.8. The third-order valence-corrected chi connectivity index (χ3v) is 5.14. The lowest BCUT2D eigenvalue weighted by atomic mass is 9.98. The Kier molecular flexibility index (Phi) is 5.20. The van der Waals surface area contributed by atoms with Crippen LogP contribution in [0, 0.1) is 0 Å². The molecule has 3 amide bonds. The number of hydrogen-bond donors (Lipinski definition) is 1. The zero-order valence-corrected chi connectivity index (χ0v) is 16.6. The molecule has 1 atom stereocenters. The topological polar surface area (TPSA) is 78.7 Å². The molecule has 0 spiro atoms. The van der Waals surface area contributed by atoms with Crippen LogP contribution in [0.15, 0.2) is 52.9 Å².